The Balaban J connectivity index is 2.57. The highest BCUT2D eigenvalue weighted by atomic mass is 32.1. The number of rotatable bonds is 7. The molecule has 0 bridgehead atoms. The number of nitrogens with two attached hydrogens (primary N) is 1. The highest BCUT2D eigenvalue weighted by Crippen LogP contribution is 2.52. The van der Waals surface area contributed by atoms with Crippen molar-refractivity contribution in [3.63, 3.8) is 0 Å². The van der Waals surface area contributed by atoms with Gasteiger partial charge in [0.2, 0.25) is 0 Å². The van der Waals surface area contributed by atoms with Crippen LogP contribution in [0.1, 0.15) is 61.2 Å². The van der Waals surface area contributed by atoms with E-state index >= 15 is 0 Å². The van der Waals surface area contributed by atoms with Crippen molar-refractivity contribution in [2.24, 2.45) is 0 Å². The van der Waals surface area contributed by atoms with Gasteiger partial charge in [-0.05, 0) is 39.1 Å². The second-order valence-electron chi connectivity index (χ2n) is 7.86. The van der Waals surface area contributed by atoms with Crippen LogP contribution in [0, 0.1) is 11.3 Å². The van der Waals surface area contributed by atoms with Gasteiger partial charge in [-0.15, -0.1) is 11.3 Å². The maximum absolute atomic E-state index is 13.6. The number of aliphatic hydroxyl groups excluding tert-OH is 1. The van der Waals surface area contributed by atoms with E-state index in [1.165, 1.54) is 22.8 Å². The average Bonchev–Trinajstić information content (AvgIpc) is 3.45. The van der Waals surface area contributed by atoms with Crippen molar-refractivity contribution < 1.29 is 33.7 Å². The lowest BCUT2D eigenvalue weighted by Gasteiger charge is -2.34. The Labute approximate surface area is 212 Å². The largest absolute Gasteiger partial charge is 0.512 e. The zero-order valence-corrected chi connectivity index (χ0v) is 21.4. The standard InChI is InChI=1S/C25H27N3O7S/c1-6-34-24(31)16-12(3)28-21(20(25(32)35-7-2)19(16)15-9-8-10-36-15)18(14(11-26)22(28)27)17(13(4)29)23(30)33-5/h8-10,19-20,29H,6-7,27H2,1-5H3/b17-13+/t19-,20+/m1/s1. The summed E-state index contributed by atoms with van der Waals surface area (Å²) in [6.45, 7) is 6.32. The molecule has 190 valence electrons. The quantitative estimate of drug-likeness (QED) is 0.244. The number of hydrogen-bond acceptors (Lipinski definition) is 10. The molecule has 0 aliphatic carbocycles. The molecule has 1 aliphatic heterocycles. The monoisotopic (exact) mass is 513 g/mol. The summed E-state index contributed by atoms with van der Waals surface area (Å²) in [6.07, 6.45) is 0. The van der Waals surface area contributed by atoms with E-state index in [-0.39, 0.29) is 47.0 Å². The number of carbonyl (C=O) groups is 3. The number of carbonyl (C=O) groups excluding carboxylic acids is 3. The van der Waals surface area contributed by atoms with E-state index in [4.69, 9.17) is 19.9 Å². The van der Waals surface area contributed by atoms with Gasteiger partial charge in [0.1, 0.15) is 34.7 Å². The van der Waals surface area contributed by atoms with Gasteiger partial charge in [-0.1, -0.05) is 6.07 Å². The molecule has 36 heavy (non-hydrogen) atoms. The Hall–Kier alpha value is -4.04. The van der Waals surface area contributed by atoms with E-state index in [9.17, 15) is 24.8 Å². The highest BCUT2D eigenvalue weighted by molar-refractivity contribution is 7.10. The fraction of sp³-hybridized carbons (Fsp3) is 0.360. The summed E-state index contributed by atoms with van der Waals surface area (Å²) in [6, 6.07) is 5.53. The van der Waals surface area contributed by atoms with Crippen molar-refractivity contribution in [1.82, 2.24) is 4.57 Å². The molecule has 3 N–H and O–H groups in total. The molecule has 11 heteroatoms. The van der Waals surface area contributed by atoms with Crippen molar-refractivity contribution in [2.75, 3.05) is 26.1 Å². The first-order valence-electron chi connectivity index (χ1n) is 11.2. The SMILES string of the molecule is CCOC(=O)C1=C(C)n2c(N)c(C#N)c(/C(C(=O)OC)=C(/C)O)c2[C@@H](C(=O)OCC)[C@@H]1c1cccs1. The Morgan fingerprint density at radius 3 is 2.42 bits per heavy atom. The van der Waals surface area contributed by atoms with Crippen LogP contribution in [0.15, 0.2) is 28.8 Å². The van der Waals surface area contributed by atoms with Gasteiger partial charge in [0.25, 0.3) is 0 Å². The zero-order chi connectivity index (χ0) is 26.7. The van der Waals surface area contributed by atoms with Crippen molar-refractivity contribution in [3.05, 3.63) is 50.5 Å². The van der Waals surface area contributed by atoms with Gasteiger partial charge >= 0.3 is 17.9 Å². The number of nitrogen functional groups attached to an aromatic ring is 1. The van der Waals surface area contributed by atoms with Crippen molar-refractivity contribution in [2.45, 2.75) is 39.5 Å². The van der Waals surface area contributed by atoms with Crippen molar-refractivity contribution >= 4 is 46.3 Å². The van der Waals surface area contributed by atoms with Crippen LogP contribution in [0.3, 0.4) is 0 Å². The second kappa shape index (κ2) is 10.7. The first kappa shape index (κ1) is 26.6. The molecule has 2 aromatic heterocycles. The predicted molar refractivity (Wildman–Crippen MR) is 133 cm³/mol. The van der Waals surface area contributed by atoms with Gasteiger partial charge in [-0.25, -0.2) is 9.59 Å². The molecule has 0 aromatic carbocycles. The van der Waals surface area contributed by atoms with Gasteiger partial charge in [-0.3, -0.25) is 4.79 Å². The number of aliphatic hydroxyl groups is 1. The van der Waals surface area contributed by atoms with Crippen LogP contribution in [-0.4, -0.2) is 47.9 Å². The molecule has 0 amide bonds. The van der Waals surface area contributed by atoms with Crippen LogP contribution in [0.5, 0.6) is 0 Å². The molecule has 0 saturated heterocycles. The first-order valence-corrected chi connectivity index (χ1v) is 12.0. The third kappa shape index (κ3) is 4.24. The maximum atomic E-state index is 13.6. The molecule has 0 fully saturated rings. The van der Waals surface area contributed by atoms with E-state index in [1.807, 2.05) is 6.07 Å². The Bertz CT molecular complexity index is 1310. The maximum Gasteiger partial charge on any atom is 0.342 e. The van der Waals surface area contributed by atoms with E-state index in [0.717, 1.165) is 7.11 Å². The number of ether oxygens (including phenoxy) is 3. The molecule has 10 nitrogen and oxygen atoms in total. The van der Waals surface area contributed by atoms with Crippen LogP contribution < -0.4 is 5.73 Å². The highest BCUT2D eigenvalue weighted by Gasteiger charge is 2.48. The molecule has 0 spiro atoms. The Kier molecular flexibility index (Phi) is 7.90. The lowest BCUT2D eigenvalue weighted by Crippen LogP contribution is -2.34. The molecule has 3 heterocycles. The van der Waals surface area contributed by atoms with E-state index in [2.05, 4.69) is 0 Å². The van der Waals surface area contributed by atoms with Gasteiger partial charge in [-0.2, -0.15) is 5.26 Å². The molecule has 3 rings (SSSR count). The number of fused-ring (bicyclic) bond motifs is 1. The topological polar surface area (TPSA) is 154 Å². The van der Waals surface area contributed by atoms with Gasteiger partial charge in [0.05, 0.1) is 25.9 Å². The second-order valence-corrected chi connectivity index (χ2v) is 8.84. The number of thiophene rings is 1. The van der Waals surface area contributed by atoms with E-state index < -0.39 is 35.5 Å². The summed E-state index contributed by atoms with van der Waals surface area (Å²) >= 11 is 1.32. The Morgan fingerprint density at radius 1 is 1.25 bits per heavy atom. The lowest BCUT2D eigenvalue weighted by molar-refractivity contribution is -0.146. The smallest absolute Gasteiger partial charge is 0.342 e. The van der Waals surface area contributed by atoms with Gasteiger partial charge in [0, 0.05) is 27.7 Å². The number of nitriles is 1. The van der Waals surface area contributed by atoms with Crippen LogP contribution in [0.2, 0.25) is 0 Å². The normalized spacial score (nSPS) is 17.6. The number of anilines is 1. The van der Waals surface area contributed by atoms with Crippen LogP contribution in [0.4, 0.5) is 5.82 Å². The molecular formula is C25H27N3O7S. The third-order valence-corrected chi connectivity index (χ3v) is 6.86. The summed E-state index contributed by atoms with van der Waals surface area (Å²) in [5, 5.41) is 22.3. The molecule has 2 aromatic rings. The fourth-order valence-electron chi connectivity index (χ4n) is 4.57. The lowest BCUT2D eigenvalue weighted by atomic mass is 9.77. The van der Waals surface area contributed by atoms with Crippen molar-refractivity contribution in [1.29, 1.82) is 5.26 Å². The summed E-state index contributed by atoms with van der Waals surface area (Å²) in [5.74, 6) is -4.88. The Morgan fingerprint density at radius 2 is 1.92 bits per heavy atom. The minimum Gasteiger partial charge on any atom is -0.512 e. The number of nitrogens with zero attached hydrogens (tertiary/aromatic N) is 2. The average molecular weight is 514 g/mol. The van der Waals surface area contributed by atoms with Crippen LogP contribution >= 0.6 is 11.3 Å². The third-order valence-electron chi connectivity index (χ3n) is 5.91. The van der Waals surface area contributed by atoms with E-state index in [1.54, 1.807) is 38.3 Å². The summed E-state index contributed by atoms with van der Waals surface area (Å²) < 4.78 is 17.0. The summed E-state index contributed by atoms with van der Waals surface area (Å²) in [5.41, 5.74) is 6.50. The summed E-state index contributed by atoms with van der Waals surface area (Å²) in [7, 11) is 1.13. The molecule has 2 atom stereocenters. The first-order chi connectivity index (χ1) is 17.2. The molecule has 1 aliphatic rings. The van der Waals surface area contributed by atoms with Crippen LogP contribution in [-0.2, 0) is 28.6 Å². The minimum atomic E-state index is -1.20. The summed E-state index contributed by atoms with van der Waals surface area (Å²) in [4.78, 5) is 40.2. The molecule has 0 radical (unpaired) electrons. The number of aromatic nitrogens is 1. The number of esters is 3. The molecule has 0 unspecified atom stereocenters. The fourth-order valence-corrected chi connectivity index (χ4v) is 5.44. The molecular weight excluding hydrogens is 486 g/mol. The number of allylic oxidation sites excluding steroid dienone is 2. The molecule has 0 saturated carbocycles. The number of methoxy groups -OCH3 is 1. The van der Waals surface area contributed by atoms with Crippen LogP contribution in [0.25, 0.3) is 11.3 Å². The number of hydrogen-bond donors (Lipinski definition) is 2. The van der Waals surface area contributed by atoms with E-state index in [0.29, 0.717) is 10.6 Å². The van der Waals surface area contributed by atoms with Crippen molar-refractivity contribution in [3.8, 4) is 6.07 Å². The predicted octanol–water partition coefficient (Wildman–Crippen LogP) is 3.70. The minimum absolute atomic E-state index is 0.0410. The zero-order valence-electron chi connectivity index (χ0n) is 20.6. The van der Waals surface area contributed by atoms with Gasteiger partial charge in [0.15, 0.2) is 0 Å². The van der Waals surface area contributed by atoms with Gasteiger partial charge < -0.3 is 29.6 Å².